The number of nitrogens with zero attached hydrogens (tertiary/aromatic N) is 3. The zero-order valence-corrected chi connectivity index (χ0v) is 27.6. The third kappa shape index (κ3) is 13.0. The highest BCUT2D eigenvalue weighted by Crippen LogP contribution is 2.20. The second kappa shape index (κ2) is 18.7. The summed E-state index contributed by atoms with van der Waals surface area (Å²) < 4.78 is 11.1. The SMILES string of the molecule is CCC(CCC(CC)NC(=O)C(COCC(C)C)NC(=O)N(C)Cc1csc(C(C)C)n1)NC(=O)OCc1cncs1. The summed E-state index contributed by atoms with van der Waals surface area (Å²) in [6.45, 7) is 13.3. The van der Waals surface area contributed by atoms with Crippen LogP contribution in [0.15, 0.2) is 17.1 Å². The lowest BCUT2D eigenvalue weighted by Crippen LogP contribution is -2.54. The smallest absolute Gasteiger partial charge is 0.407 e. The zero-order valence-electron chi connectivity index (χ0n) is 26.0. The van der Waals surface area contributed by atoms with Crippen molar-refractivity contribution in [2.45, 2.75) is 104 Å². The first-order chi connectivity index (χ1) is 20.0. The summed E-state index contributed by atoms with van der Waals surface area (Å²) in [5, 5.41) is 11.8. The third-order valence-electron chi connectivity index (χ3n) is 6.51. The van der Waals surface area contributed by atoms with Crippen molar-refractivity contribution in [3.8, 4) is 0 Å². The second-order valence-corrected chi connectivity index (χ2v) is 13.0. The Kier molecular flexibility index (Phi) is 15.8. The number of thiazole rings is 2. The van der Waals surface area contributed by atoms with Crippen molar-refractivity contribution in [2.24, 2.45) is 5.92 Å². The van der Waals surface area contributed by atoms with Crippen molar-refractivity contribution in [2.75, 3.05) is 20.3 Å². The molecule has 11 nitrogen and oxygen atoms in total. The van der Waals surface area contributed by atoms with Crippen molar-refractivity contribution >= 4 is 40.7 Å². The number of alkyl carbamates (subject to hydrolysis) is 1. The molecular weight excluding hydrogens is 576 g/mol. The van der Waals surface area contributed by atoms with E-state index in [0.717, 1.165) is 22.0 Å². The molecule has 0 saturated heterocycles. The fraction of sp³-hybridized carbons (Fsp3) is 0.690. The van der Waals surface area contributed by atoms with Gasteiger partial charge in [-0.05, 0) is 31.6 Å². The van der Waals surface area contributed by atoms with E-state index in [1.807, 2.05) is 33.1 Å². The van der Waals surface area contributed by atoms with E-state index >= 15 is 0 Å². The van der Waals surface area contributed by atoms with Crippen molar-refractivity contribution in [3.05, 3.63) is 32.7 Å². The lowest BCUT2D eigenvalue weighted by atomic mass is 10.0. The summed E-state index contributed by atoms with van der Waals surface area (Å²) in [4.78, 5) is 49.6. The van der Waals surface area contributed by atoms with Crippen LogP contribution < -0.4 is 16.0 Å². The Bertz CT molecular complexity index is 1080. The van der Waals surface area contributed by atoms with Crippen LogP contribution >= 0.6 is 22.7 Å². The van der Waals surface area contributed by atoms with Gasteiger partial charge in [-0.1, -0.05) is 41.5 Å². The van der Waals surface area contributed by atoms with Crippen LogP contribution in [0.3, 0.4) is 0 Å². The van der Waals surface area contributed by atoms with Gasteiger partial charge in [-0.15, -0.1) is 22.7 Å². The van der Waals surface area contributed by atoms with E-state index in [1.54, 1.807) is 30.1 Å². The predicted molar refractivity (Wildman–Crippen MR) is 167 cm³/mol. The van der Waals surface area contributed by atoms with Gasteiger partial charge in [-0.3, -0.25) is 9.78 Å². The van der Waals surface area contributed by atoms with Gasteiger partial charge >= 0.3 is 12.1 Å². The number of amides is 4. The average molecular weight is 625 g/mol. The number of rotatable bonds is 18. The lowest BCUT2D eigenvalue weighted by molar-refractivity contribution is -0.125. The molecule has 0 spiro atoms. The molecule has 2 aromatic heterocycles. The van der Waals surface area contributed by atoms with Crippen LogP contribution in [-0.2, 0) is 27.4 Å². The lowest BCUT2D eigenvalue weighted by Gasteiger charge is -2.26. The van der Waals surface area contributed by atoms with Gasteiger partial charge in [0.2, 0.25) is 5.91 Å². The number of carbonyl (C=O) groups excluding carboxylic acids is 3. The Hall–Kier alpha value is -2.77. The van der Waals surface area contributed by atoms with E-state index in [2.05, 4.69) is 39.8 Å². The van der Waals surface area contributed by atoms with Gasteiger partial charge in [0.15, 0.2) is 0 Å². The van der Waals surface area contributed by atoms with Gasteiger partial charge in [0.05, 0.1) is 34.2 Å². The second-order valence-electron chi connectivity index (χ2n) is 11.1. The van der Waals surface area contributed by atoms with E-state index < -0.39 is 12.1 Å². The van der Waals surface area contributed by atoms with Crippen LogP contribution in [0.25, 0.3) is 0 Å². The first-order valence-corrected chi connectivity index (χ1v) is 16.4. The summed E-state index contributed by atoms with van der Waals surface area (Å²) in [5.74, 6) is 0.322. The molecule has 2 aromatic rings. The fourth-order valence-corrected chi connectivity index (χ4v) is 5.29. The highest BCUT2D eigenvalue weighted by atomic mass is 32.1. The van der Waals surface area contributed by atoms with Crippen molar-refractivity contribution in [1.29, 1.82) is 0 Å². The summed E-state index contributed by atoms with van der Waals surface area (Å²) in [7, 11) is 1.68. The predicted octanol–water partition coefficient (Wildman–Crippen LogP) is 5.29. The maximum atomic E-state index is 13.3. The molecule has 0 saturated carbocycles. The molecule has 0 aliphatic rings. The summed E-state index contributed by atoms with van der Waals surface area (Å²) in [5.41, 5.74) is 2.51. The standard InChI is InChI=1S/C29H48N6O5S2/c1-8-21(10-11-22(9-2)33-29(38)40-15-24-12-30-18-42-24)31-26(36)25(16-39-14-19(3)4)34-28(37)35(7)13-23-17-41-27(32-23)20(5)6/h12,17-22,25H,8-11,13-16H2,1-7H3,(H,31,36)(H,33,38)(H,34,37). The van der Waals surface area contributed by atoms with Gasteiger partial charge < -0.3 is 30.3 Å². The maximum absolute atomic E-state index is 13.3. The average Bonchev–Trinajstić information content (AvgIpc) is 3.65. The number of nitrogens with one attached hydrogen (secondary N) is 3. The Labute approximate surface area is 258 Å². The molecule has 0 aliphatic carbocycles. The van der Waals surface area contributed by atoms with Crippen LogP contribution in [-0.4, -0.2) is 71.3 Å². The summed E-state index contributed by atoms with van der Waals surface area (Å²) >= 11 is 3.01. The number of aromatic nitrogens is 2. The molecule has 3 atom stereocenters. The number of ether oxygens (including phenoxy) is 2. The normalized spacial score (nSPS) is 13.5. The van der Waals surface area contributed by atoms with Crippen LogP contribution in [0.5, 0.6) is 0 Å². The molecule has 3 N–H and O–H groups in total. The van der Waals surface area contributed by atoms with Crippen molar-refractivity contribution in [3.63, 3.8) is 0 Å². The quantitative estimate of drug-likeness (QED) is 0.205. The Morgan fingerprint density at radius 2 is 1.67 bits per heavy atom. The minimum absolute atomic E-state index is 0.0684. The minimum atomic E-state index is -0.851. The molecular formula is C29H48N6O5S2. The Morgan fingerprint density at radius 3 is 2.24 bits per heavy atom. The van der Waals surface area contributed by atoms with E-state index in [9.17, 15) is 14.4 Å². The van der Waals surface area contributed by atoms with Crippen LogP contribution in [0.1, 0.15) is 88.7 Å². The molecule has 4 amide bonds. The molecule has 2 rings (SSSR count). The highest BCUT2D eigenvalue weighted by Gasteiger charge is 2.26. The van der Waals surface area contributed by atoms with Crippen LogP contribution in [0.2, 0.25) is 0 Å². The van der Waals surface area contributed by atoms with Gasteiger partial charge in [0, 0.05) is 43.2 Å². The molecule has 0 aromatic carbocycles. The molecule has 0 radical (unpaired) electrons. The Balaban J connectivity index is 1.92. The molecule has 3 unspecified atom stereocenters. The number of urea groups is 1. The molecule has 236 valence electrons. The largest absolute Gasteiger partial charge is 0.444 e. The van der Waals surface area contributed by atoms with E-state index in [-0.39, 0.29) is 37.2 Å². The number of carbonyl (C=O) groups is 3. The highest BCUT2D eigenvalue weighted by molar-refractivity contribution is 7.09. The minimum Gasteiger partial charge on any atom is -0.444 e. The van der Waals surface area contributed by atoms with E-state index in [4.69, 9.17) is 9.47 Å². The molecule has 42 heavy (non-hydrogen) atoms. The van der Waals surface area contributed by atoms with Gasteiger partial charge in [-0.25, -0.2) is 14.6 Å². The molecule has 0 fully saturated rings. The topological polar surface area (TPSA) is 135 Å². The summed E-state index contributed by atoms with van der Waals surface area (Å²) in [6, 6.07) is -1.45. The molecule has 13 heteroatoms. The monoisotopic (exact) mass is 624 g/mol. The fourth-order valence-electron chi connectivity index (χ4n) is 3.96. The van der Waals surface area contributed by atoms with Gasteiger partial charge in [0.25, 0.3) is 0 Å². The molecule has 0 aliphatic heterocycles. The number of hydrogen-bond acceptors (Lipinski definition) is 9. The first kappa shape index (κ1) is 35.4. The number of hydrogen-bond donors (Lipinski definition) is 3. The molecule has 0 bridgehead atoms. The van der Waals surface area contributed by atoms with Crippen LogP contribution in [0, 0.1) is 5.92 Å². The first-order valence-electron chi connectivity index (χ1n) is 14.7. The molecule has 2 heterocycles. The Morgan fingerprint density at radius 1 is 0.976 bits per heavy atom. The van der Waals surface area contributed by atoms with E-state index in [0.29, 0.717) is 44.2 Å². The van der Waals surface area contributed by atoms with E-state index in [1.165, 1.54) is 16.2 Å². The maximum Gasteiger partial charge on any atom is 0.407 e. The van der Waals surface area contributed by atoms with Gasteiger partial charge in [-0.2, -0.15) is 0 Å². The van der Waals surface area contributed by atoms with Crippen LogP contribution in [0.4, 0.5) is 9.59 Å². The zero-order chi connectivity index (χ0) is 31.1. The van der Waals surface area contributed by atoms with Gasteiger partial charge in [0.1, 0.15) is 12.6 Å². The van der Waals surface area contributed by atoms with Crippen molar-refractivity contribution < 1.29 is 23.9 Å². The van der Waals surface area contributed by atoms with Crippen molar-refractivity contribution in [1.82, 2.24) is 30.8 Å². The third-order valence-corrected chi connectivity index (χ3v) is 8.45. The summed E-state index contributed by atoms with van der Waals surface area (Å²) in [6.07, 6.45) is 3.96.